The molecule has 0 aliphatic carbocycles. The van der Waals surface area contributed by atoms with E-state index in [2.05, 4.69) is 10.6 Å². The molecule has 1 aromatic carbocycles. The molecular formula is C13H21ClN2O3. The number of ether oxygens (including phenoxy) is 3. The van der Waals surface area contributed by atoms with Gasteiger partial charge in [-0.15, -0.1) is 12.4 Å². The third-order valence-corrected chi connectivity index (χ3v) is 3.15. The zero-order valence-corrected chi connectivity index (χ0v) is 12.3. The van der Waals surface area contributed by atoms with E-state index >= 15 is 0 Å². The fourth-order valence-corrected chi connectivity index (χ4v) is 2.27. The van der Waals surface area contributed by atoms with Crippen molar-refractivity contribution in [3.8, 4) is 17.2 Å². The molecule has 0 aromatic heterocycles. The van der Waals surface area contributed by atoms with Crippen molar-refractivity contribution in [1.29, 1.82) is 0 Å². The van der Waals surface area contributed by atoms with Crippen LogP contribution in [0.25, 0.3) is 0 Å². The molecule has 2 N–H and O–H groups in total. The van der Waals surface area contributed by atoms with Gasteiger partial charge in [0, 0.05) is 31.2 Å². The molecule has 0 spiro atoms. The largest absolute Gasteiger partial charge is 0.493 e. The van der Waals surface area contributed by atoms with Crippen molar-refractivity contribution in [1.82, 2.24) is 10.6 Å². The fraction of sp³-hybridized carbons (Fsp3) is 0.538. The van der Waals surface area contributed by atoms with Crippen molar-refractivity contribution in [2.24, 2.45) is 0 Å². The van der Waals surface area contributed by atoms with Crippen LogP contribution in [0.5, 0.6) is 17.2 Å². The van der Waals surface area contributed by atoms with Crippen LogP contribution in [0.4, 0.5) is 0 Å². The average Bonchev–Trinajstić information content (AvgIpc) is 2.46. The summed E-state index contributed by atoms with van der Waals surface area (Å²) < 4.78 is 16.2. The van der Waals surface area contributed by atoms with Gasteiger partial charge in [-0.3, -0.25) is 0 Å². The minimum atomic E-state index is 0. The zero-order chi connectivity index (χ0) is 13.0. The lowest BCUT2D eigenvalue weighted by atomic mass is 10.0. The Hall–Kier alpha value is -1.17. The molecule has 0 unspecified atom stereocenters. The Morgan fingerprint density at radius 2 is 1.74 bits per heavy atom. The molecule has 1 aliphatic rings. The number of hydrogen-bond donors (Lipinski definition) is 2. The molecule has 1 heterocycles. The second-order valence-electron chi connectivity index (χ2n) is 4.13. The molecule has 19 heavy (non-hydrogen) atoms. The van der Waals surface area contributed by atoms with Crippen molar-refractivity contribution in [2.75, 3.05) is 41.0 Å². The Labute approximate surface area is 120 Å². The van der Waals surface area contributed by atoms with E-state index in [1.54, 1.807) is 21.3 Å². The first-order valence-electron chi connectivity index (χ1n) is 6.04. The van der Waals surface area contributed by atoms with Gasteiger partial charge in [0.15, 0.2) is 11.5 Å². The highest BCUT2D eigenvalue weighted by Gasteiger charge is 2.23. The van der Waals surface area contributed by atoms with Gasteiger partial charge in [0.1, 0.15) is 0 Å². The van der Waals surface area contributed by atoms with Crippen molar-refractivity contribution >= 4 is 12.4 Å². The van der Waals surface area contributed by atoms with E-state index < -0.39 is 0 Å². The molecule has 2 rings (SSSR count). The van der Waals surface area contributed by atoms with E-state index in [0.29, 0.717) is 11.5 Å². The van der Waals surface area contributed by atoms with Gasteiger partial charge in [-0.2, -0.15) is 0 Å². The van der Waals surface area contributed by atoms with Gasteiger partial charge >= 0.3 is 0 Å². The summed E-state index contributed by atoms with van der Waals surface area (Å²) in [5, 5.41) is 6.82. The number of benzene rings is 1. The first kappa shape index (κ1) is 15.9. The number of methoxy groups -OCH3 is 3. The Bertz CT molecular complexity index is 409. The van der Waals surface area contributed by atoms with Gasteiger partial charge in [-0.05, 0) is 12.1 Å². The topological polar surface area (TPSA) is 51.8 Å². The Morgan fingerprint density at radius 1 is 1.00 bits per heavy atom. The average molecular weight is 289 g/mol. The van der Waals surface area contributed by atoms with E-state index in [1.165, 1.54) is 0 Å². The van der Waals surface area contributed by atoms with Crippen LogP contribution in [0.3, 0.4) is 0 Å². The highest BCUT2D eigenvalue weighted by Crippen LogP contribution is 2.42. The van der Waals surface area contributed by atoms with E-state index in [-0.39, 0.29) is 18.4 Å². The van der Waals surface area contributed by atoms with Crippen molar-refractivity contribution < 1.29 is 14.2 Å². The van der Waals surface area contributed by atoms with Crippen LogP contribution in [0.15, 0.2) is 12.1 Å². The van der Waals surface area contributed by atoms with Crippen LogP contribution >= 0.6 is 12.4 Å². The highest BCUT2D eigenvalue weighted by atomic mass is 35.5. The van der Waals surface area contributed by atoms with Crippen LogP contribution in [-0.2, 0) is 0 Å². The van der Waals surface area contributed by atoms with Gasteiger partial charge in [0.25, 0.3) is 0 Å². The second kappa shape index (κ2) is 7.43. The monoisotopic (exact) mass is 288 g/mol. The first-order valence-corrected chi connectivity index (χ1v) is 6.04. The van der Waals surface area contributed by atoms with Crippen LogP contribution in [0, 0.1) is 0 Å². The minimum absolute atomic E-state index is 0. The minimum Gasteiger partial charge on any atom is -0.493 e. The summed E-state index contributed by atoms with van der Waals surface area (Å²) in [6.45, 7) is 2.82. The maximum Gasteiger partial charge on any atom is 0.203 e. The predicted octanol–water partition coefficient (Wildman–Crippen LogP) is 1.37. The lowest BCUT2D eigenvalue weighted by molar-refractivity contribution is 0.316. The molecular weight excluding hydrogens is 268 g/mol. The normalized spacial score (nSPS) is 18.4. The summed E-state index contributed by atoms with van der Waals surface area (Å²) in [6, 6.07) is 4.16. The van der Waals surface area contributed by atoms with Crippen LogP contribution < -0.4 is 24.8 Å². The molecule has 6 heteroatoms. The molecule has 0 radical (unpaired) electrons. The Balaban J connectivity index is 0.00000180. The van der Waals surface area contributed by atoms with Crippen LogP contribution in [0.1, 0.15) is 11.6 Å². The zero-order valence-electron chi connectivity index (χ0n) is 11.5. The summed E-state index contributed by atoms with van der Waals surface area (Å²) in [5.74, 6) is 2.06. The number of nitrogens with one attached hydrogen (secondary N) is 2. The molecule has 1 fully saturated rings. The SMILES string of the molecule is COc1ccc([C@@H]2CNCCN2)c(OC)c1OC.Cl. The predicted molar refractivity (Wildman–Crippen MR) is 77.0 cm³/mol. The van der Waals surface area contributed by atoms with Gasteiger partial charge in [0.05, 0.1) is 21.3 Å². The van der Waals surface area contributed by atoms with Gasteiger partial charge in [0.2, 0.25) is 5.75 Å². The van der Waals surface area contributed by atoms with Crippen LogP contribution in [0.2, 0.25) is 0 Å². The van der Waals surface area contributed by atoms with E-state index in [1.807, 2.05) is 12.1 Å². The summed E-state index contributed by atoms with van der Waals surface area (Å²) >= 11 is 0. The van der Waals surface area contributed by atoms with Gasteiger partial charge < -0.3 is 24.8 Å². The van der Waals surface area contributed by atoms with E-state index in [9.17, 15) is 0 Å². The standard InChI is InChI=1S/C13H20N2O3.ClH/c1-16-11-5-4-9(10-8-14-6-7-15-10)12(17-2)13(11)18-3;/h4-5,10,14-15H,6-8H2,1-3H3;1H/t10-;/m0./s1. The maximum absolute atomic E-state index is 5.49. The molecule has 108 valence electrons. The maximum atomic E-state index is 5.49. The smallest absolute Gasteiger partial charge is 0.203 e. The molecule has 5 nitrogen and oxygen atoms in total. The molecule has 0 bridgehead atoms. The lowest BCUT2D eigenvalue weighted by Gasteiger charge is -2.27. The molecule has 1 atom stereocenters. The van der Waals surface area contributed by atoms with Gasteiger partial charge in [-0.1, -0.05) is 0 Å². The Kier molecular flexibility index (Phi) is 6.21. The van der Waals surface area contributed by atoms with Gasteiger partial charge in [-0.25, -0.2) is 0 Å². The quantitative estimate of drug-likeness (QED) is 0.876. The third kappa shape index (κ3) is 3.23. The lowest BCUT2D eigenvalue weighted by Crippen LogP contribution is -2.42. The summed E-state index contributed by atoms with van der Waals surface area (Å²) in [4.78, 5) is 0. The van der Waals surface area contributed by atoms with E-state index in [4.69, 9.17) is 14.2 Å². The summed E-state index contributed by atoms with van der Waals surface area (Å²) in [5.41, 5.74) is 1.09. The molecule has 1 saturated heterocycles. The number of rotatable bonds is 4. The number of halogens is 1. The van der Waals surface area contributed by atoms with Crippen molar-refractivity contribution in [3.63, 3.8) is 0 Å². The first-order chi connectivity index (χ1) is 8.81. The van der Waals surface area contributed by atoms with Crippen molar-refractivity contribution in [3.05, 3.63) is 17.7 Å². The molecule has 1 aliphatic heterocycles. The third-order valence-electron chi connectivity index (χ3n) is 3.15. The molecule has 0 amide bonds. The number of piperazine rings is 1. The van der Waals surface area contributed by atoms with Crippen LogP contribution in [-0.4, -0.2) is 41.0 Å². The Morgan fingerprint density at radius 3 is 2.26 bits per heavy atom. The number of hydrogen-bond acceptors (Lipinski definition) is 5. The highest BCUT2D eigenvalue weighted by molar-refractivity contribution is 5.85. The summed E-state index contributed by atoms with van der Waals surface area (Å²) in [6.07, 6.45) is 0. The fourth-order valence-electron chi connectivity index (χ4n) is 2.27. The summed E-state index contributed by atoms with van der Waals surface area (Å²) in [7, 11) is 4.89. The molecule has 1 aromatic rings. The van der Waals surface area contributed by atoms with E-state index in [0.717, 1.165) is 30.9 Å². The second-order valence-corrected chi connectivity index (χ2v) is 4.13. The molecule has 0 saturated carbocycles. The van der Waals surface area contributed by atoms with Crippen molar-refractivity contribution in [2.45, 2.75) is 6.04 Å².